The lowest BCUT2D eigenvalue weighted by Gasteiger charge is -2.17. The fraction of sp³-hybridized carbons (Fsp3) is 0.462. The lowest BCUT2D eigenvalue weighted by atomic mass is 10.1. The molecule has 0 spiro atoms. The van der Waals surface area contributed by atoms with E-state index in [4.69, 9.17) is 15.0 Å². The number of ether oxygens (including phenoxy) is 2. The highest BCUT2D eigenvalue weighted by Crippen LogP contribution is 2.34. The first-order valence-electron chi connectivity index (χ1n) is 6.13. The first-order valence-corrected chi connectivity index (χ1v) is 6.13. The summed E-state index contributed by atoms with van der Waals surface area (Å²) in [5, 5.41) is 15.8. The van der Waals surface area contributed by atoms with E-state index in [0.29, 0.717) is 31.0 Å². The van der Waals surface area contributed by atoms with Gasteiger partial charge in [0.05, 0.1) is 20.3 Å². The zero-order valence-electron chi connectivity index (χ0n) is 11.5. The molecule has 0 aromatic heterocycles. The van der Waals surface area contributed by atoms with Crippen molar-refractivity contribution < 1.29 is 9.47 Å². The molecule has 0 saturated carbocycles. The maximum Gasteiger partial charge on any atom is 0.166 e. The summed E-state index contributed by atoms with van der Waals surface area (Å²) < 4.78 is 10.5. The highest BCUT2D eigenvalue weighted by molar-refractivity contribution is 5.49. The average molecular weight is 275 g/mol. The molecular formula is C13H17N5O2. The number of nitrogens with one attached hydrogen (secondary N) is 1. The van der Waals surface area contributed by atoms with Gasteiger partial charge in [0.1, 0.15) is 6.04 Å². The third kappa shape index (κ3) is 4.05. The van der Waals surface area contributed by atoms with Crippen LogP contribution in [0.2, 0.25) is 0 Å². The zero-order valence-corrected chi connectivity index (χ0v) is 11.5. The smallest absolute Gasteiger partial charge is 0.166 e. The van der Waals surface area contributed by atoms with Crippen LogP contribution in [0.3, 0.4) is 0 Å². The summed E-state index contributed by atoms with van der Waals surface area (Å²) in [6, 6.07) is 7.08. The van der Waals surface area contributed by atoms with Crippen LogP contribution in [0.25, 0.3) is 10.4 Å². The van der Waals surface area contributed by atoms with E-state index < -0.39 is 6.04 Å². The van der Waals surface area contributed by atoms with E-state index in [0.717, 1.165) is 5.56 Å². The molecule has 1 unspecified atom stereocenters. The Bertz CT molecular complexity index is 520. The minimum absolute atomic E-state index is 0.400. The van der Waals surface area contributed by atoms with Gasteiger partial charge in [-0.3, -0.25) is 5.32 Å². The molecule has 1 atom stereocenters. The van der Waals surface area contributed by atoms with E-state index in [1.807, 2.05) is 12.1 Å². The van der Waals surface area contributed by atoms with Crippen LogP contribution in [-0.4, -0.2) is 27.3 Å². The summed E-state index contributed by atoms with van der Waals surface area (Å²) in [6.07, 6.45) is 0.661. The average Bonchev–Trinajstić information content (AvgIpc) is 2.50. The highest BCUT2D eigenvalue weighted by Gasteiger charge is 2.17. The van der Waals surface area contributed by atoms with Crippen molar-refractivity contribution in [1.82, 2.24) is 5.32 Å². The van der Waals surface area contributed by atoms with Crippen molar-refractivity contribution in [2.45, 2.75) is 12.5 Å². The number of hydrogen-bond donors (Lipinski definition) is 1. The second-order valence-corrected chi connectivity index (χ2v) is 3.91. The predicted molar refractivity (Wildman–Crippen MR) is 74.5 cm³/mol. The number of azide groups is 1. The number of para-hydroxylation sites is 1. The van der Waals surface area contributed by atoms with Gasteiger partial charge in [0, 0.05) is 17.0 Å². The highest BCUT2D eigenvalue weighted by atomic mass is 16.5. The molecule has 0 saturated heterocycles. The summed E-state index contributed by atoms with van der Waals surface area (Å²) in [4.78, 5) is 2.68. The third-order valence-corrected chi connectivity index (χ3v) is 2.72. The lowest BCUT2D eigenvalue weighted by molar-refractivity contribution is 0.349. The Hall–Kier alpha value is -2.42. The Morgan fingerprint density at radius 2 is 2.25 bits per heavy atom. The van der Waals surface area contributed by atoms with Crippen LogP contribution in [-0.2, 0) is 0 Å². The minimum Gasteiger partial charge on any atom is -0.493 e. The molecule has 1 rings (SSSR count). The number of nitrogens with zero attached hydrogens (tertiary/aromatic N) is 4. The summed E-state index contributed by atoms with van der Waals surface area (Å²) >= 11 is 0. The quantitative estimate of drug-likeness (QED) is 0.341. The number of methoxy groups -OCH3 is 2. The Balaban J connectivity index is 2.79. The van der Waals surface area contributed by atoms with Crippen LogP contribution in [0, 0.1) is 11.3 Å². The normalized spacial score (nSPS) is 11.1. The summed E-state index contributed by atoms with van der Waals surface area (Å²) in [5.74, 6) is 1.13. The van der Waals surface area contributed by atoms with Gasteiger partial charge in [-0.1, -0.05) is 17.2 Å². The van der Waals surface area contributed by atoms with Gasteiger partial charge >= 0.3 is 0 Å². The van der Waals surface area contributed by atoms with Crippen LogP contribution in [0.4, 0.5) is 0 Å². The van der Waals surface area contributed by atoms with Crippen molar-refractivity contribution in [2.24, 2.45) is 5.11 Å². The summed E-state index contributed by atoms with van der Waals surface area (Å²) in [6.45, 7) is 0.967. The Morgan fingerprint density at radius 1 is 1.45 bits per heavy atom. The molecular weight excluding hydrogens is 258 g/mol. The molecule has 0 amide bonds. The van der Waals surface area contributed by atoms with Crippen molar-refractivity contribution >= 4 is 0 Å². The van der Waals surface area contributed by atoms with E-state index in [1.165, 1.54) is 7.11 Å². The van der Waals surface area contributed by atoms with Crippen LogP contribution in [0.1, 0.15) is 18.0 Å². The molecule has 106 valence electrons. The van der Waals surface area contributed by atoms with E-state index in [9.17, 15) is 5.26 Å². The topological polar surface area (TPSA) is 103 Å². The fourth-order valence-electron chi connectivity index (χ4n) is 1.81. The molecule has 0 radical (unpaired) electrons. The molecule has 0 heterocycles. The maximum absolute atomic E-state index is 9.27. The van der Waals surface area contributed by atoms with E-state index in [1.54, 1.807) is 13.2 Å². The van der Waals surface area contributed by atoms with Gasteiger partial charge in [-0.25, -0.2) is 0 Å². The molecule has 0 bridgehead atoms. The number of nitriles is 1. The number of hydrogen-bond acceptors (Lipinski definition) is 5. The second kappa shape index (κ2) is 8.64. The largest absolute Gasteiger partial charge is 0.493 e. The first-order chi connectivity index (χ1) is 9.78. The molecule has 0 aliphatic carbocycles. The molecule has 0 aliphatic heterocycles. The van der Waals surface area contributed by atoms with Crippen molar-refractivity contribution in [3.63, 3.8) is 0 Å². The van der Waals surface area contributed by atoms with Crippen LogP contribution >= 0.6 is 0 Å². The molecule has 1 N–H and O–H groups in total. The SMILES string of the molecule is COc1cccc(C(C#N)NCCCN=[N+]=[N-])c1OC. The van der Waals surface area contributed by atoms with Gasteiger partial charge in [0.15, 0.2) is 11.5 Å². The van der Waals surface area contributed by atoms with Gasteiger partial charge in [0.25, 0.3) is 0 Å². The van der Waals surface area contributed by atoms with Crippen LogP contribution in [0.5, 0.6) is 11.5 Å². The van der Waals surface area contributed by atoms with Gasteiger partial charge in [-0.15, -0.1) is 0 Å². The summed E-state index contributed by atoms with van der Waals surface area (Å²) in [5.41, 5.74) is 8.90. The molecule has 1 aromatic rings. The lowest BCUT2D eigenvalue weighted by Crippen LogP contribution is -2.22. The molecule has 7 nitrogen and oxygen atoms in total. The van der Waals surface area contributed by atoms with Crippen molar-refractivity contribution in [3.05, 3.63) is 34.2 Å². The maximum atomic E-state index is 9.27. The molecule has 20 heavy (non-hydrogen) atoms. The fourth-order valence-corrected chi connectivity index (χ4v) is 1.81. The Morgan fingerprint density at radius 3 is 2.85 bits per heavy atom. The van der Waals surface area contributed by atoms with Gasteiger partial charge in [0.2, 0.25) is 0 Å². The van der Waals surface area contributed by atoms with Gasteiger partial charge in [-0.2, -0.15) is 5.26 Å². The Kier molecular flexibility index (Phi) is 6.76. The van der Waals surface area contributed by atoms with E-state index in [2.05, 4.69) is 21.4 Å². The monoisotopic (exact) mass is 275 g/mol. The molecule has 1 aromatic carbocycles. The minimum atomic E-state index is -0.508. The van der Waals surface area contributed by atoms with Crippen molar-refractivity contribution in [1.29, 1.82) is 5.26 Å². The van der Waals surface area contributed by atoms with Crippen LogP contribution < -0.4 is 14.8 Å². The van der Waals surface area contributed by atoms with Gasteiger partial charge < -0.3 is 9.47 Å². The molecule has 0 aliphatic rings. The third-order valence-electron chi connectivity index (χ3n) is 2.72. The van der Waals surface area contributed by atoms with Gasteiger partial charge in [-0.05, 0) is 24.6 Å². The second-order valence-electron chi connectivity index (χ2n) is 3.91. The summed E-state index contributed by atoms with van der Waals surface area (Å²) in [7, 11) is 3.09. The van der Waals surface area contributed by atoms with E-state index >= 15 is 0 Å². The number of benzene rings is 1. The molecule has 7 heteroatoms. The van der Waals surface area contributed by atoms with Crippen molar-refractivity contribution in [3.8, 4) is 17.6 Å². The first kappa shape index (κ1) is 15.6. The zero-order chi connectivity index (χ0) is 14.8. The Labute approximate surface area is 117 Å². The van der Waals surface area contributed by atoms with E-state index in [-0.39, 0.29) is 0 Å². The number of rotatable bonds is 8. The molecule has 0 fully saturated rings. The van der Waals surface area contributed by atoms with Crippen LogP contribution in [0.15, 0.2) is 23.3 Å². The predicted octanol–water partition coefficient (Wildman–Crippen LogP) is 2.56. The standard InChI is InChI=1S/C13H17N5O2/c1-19-12-6-3-5-10(13(12)20-2)11(9-14)16-7-4-8-17-18-15/h3,5-6,11,16H,4,7-8H2,1-2H3. The van der Waals surface area contributed by atoms with Crippen molar-refractivity contribution in [2.75, 3.05) is 27.3 Å².